The molecule has 0 aliphatic heterocycles. The number of hydrogen-bond donors (Lipinski definition) is 2. The SMILES string of the molecule is CNc1ccc(C(=O)NCC(C)N(C)C)c(C)c1. The molecule has 1 atom stereocenters. The number of likely N-dealkylation sites (N-methyl/N-ethyl adjacent to an activating group) is 1. The molecule has 0 aliphatic carbocycles. The van der Waals surface area contributed by atoms with Crippen molar-refractivity contribution in [3.8, 4) is 0 Å². The van der Waals surface area contributed by atoms with Crippen molar-refractivity contribution >= 4 is 11.6 Å². The van der Waals surface area contributed by atoms with Crippen molar-refractivity contribution in [3.63, 3.8) is 0 Å². The molecular formula is C14H23N3O. The molecule has 4 heteroatoms. The van der Waals surface area contributed by atoms with Gasteiger partial charge in [0, 0.05) is 30.9 Å². The number of nitrogens with one attached hydrogen (secondary N) is 2. The Bertz CT molecular complexity index is 416. The topological polar surface area (TPSA) is 44.4 Å². The Kier molecular flexibility index (Phi) is 5.16. The molecule has 0 bridgehead atoms. The zero-order chi connectivity index (χ0) is 13.7. The maximum atomic E-state index is 12.0. The van der Waals surface area contributed by atoms with Crippen LogP contribution in [0.15, 0.2) is 18.2 Å². The van der Waals surface area contributed by atoms with Crippen LogP contribution in [0.4, 0.5) is 5.69 Å². The number of hydrogen-bond acceptors (Lipinski definition) is 3. The van der Waals surface area contributed by atoms with Crippen molar-refractivity contribution in [2.24, 2.45) is 0 Å². The largest absolute Gasteiger partial charge is 0.388 e. The van der Waals surface area contributed by atoms with Gasteiger partial charge in [0.25, 0.3) is 5.91 Å². The van der Waals surface area contributed by atoms with E-state index in [9.17, 15) is 4.79 Å². The van der Waals surface area contributed by atoms with Crippen LogP contribution in [0, 0.1) is 6.92 Å². The van der Waals surface area contributed by atoms with Crippen LogP contribution in [0.5, 0.6) is 0 Å². The molecule has 1 aromatic rings. The van der Waals surface area contributed by atoms with Gasteiger partial charge in [-0.3, -0.25) is 4.79 Å². The van der Waals surface area contributed by atoms with Crippen LogP contribution < -0.4 is 10.6 Å². The molecule has 4 nitrogen and oxygen atoms in total. The van der Waals surface area contributed by atoms with Crippen LogP contribution in [0.3, 0.4) is 0 Å². The minimum atomic E-state index is -0.0103. The zero-order valence-electron chi connectivity index (χ0n) is 11.9. The lowest BCUT2D eigenvalue weighted by Crippen LogP contribution is -2.38. The highest BCUT2D eigenvalue weighted by molar-refractivity contribution is 5.96. The Labute approximate surface area is 109 Å². The highest BCUT2D eigenvalue weighted by atomic mass is 16.1. The minimum absolute atomic E-state index is 0.0103. The van der Waals surface area contributed by atoms with Crippen LogP contribution in [0.2, 0.25) is 0 Å². The quantitative estimate of drug-likeness (QED) is 0.835. The minimum Gasteiger partial charge on any atom is -0.388 e. The highest BCUT2D eigenvalue weighted by Gasteiger charge is 2.11. The summed E-state index contributed by atoms with van der Waals surface area (Å²) in [6.07, 6.45) is 0. The Morgan fingerprint density at radius 1 is 1.39 bits per heavy atom. The lowest BCUT2D eigenvalue weighted by atomic mass is 10.1. The van der Waals surface area contributed by atoms with Crippen LogP contribution in [0.25, 0.3) is 0 Å². The van der Waals surface area contributed by atoms with Gasteiger partial charge in [-0.15, -0.1) is 0 Å². The summed E-state index contributed by atoms with van der Waals surface area (Å²) >= 11 is 0. The van der Waals surface area contributed by atoms with Crippen molar-refractivity contribution in [1.82, 2.24) is 10.2 Å². The number of anilines is 1. The van der Waals surface area contributed by atoms with Gasteiger partial charge in [-0.2, -0.15) is 0 Å². The van der Waals surface area contributed by atoms with E-state index in [1.807, 2.05) is 46.3 Å². The van der Waals surface area contributed by atoms with E-state index in [1.54, 1.807) is 0 Å². The molecule has 0 aliphatic rings. The fraction of sp³-hybridized carbons (Fsp3) is 0.500. The smallest absolute Gasteiger partial charge is 0.251 e. The summed E-state index contributed by atoms with van der Waals surface area (Å²) in [6.45, 7) is 4.68. The second-order valence-corrected chi connectivity index (χ2v) is 4.80. The first-order chi connectivity index (χ1) is 8.45. The molecule has 0 saturated heterocycles. The van der Waals surface area contributed by atoms with Gasteiger partial charge in [-0.25, -0.2) is 0 Å². The molecule has 0 heterocycles. The van der Waals surface area contributed by atoms with Gasteiger partial charge < -0.3 is 15.5 Å². The predicted molar refractivity (Wildman–Crippen MR) is 76.2 cm³/mol. The second-order valence-electron chi connectivity index (χ2n) is 4.80. The molecule has 0 spiro atoms. The van der Waals surface area contributed by atoms with E-state index in [-0.39, 0.29) is 5.91 Å². The molecule has 1 aromatic carbocycles. The molecular weight excluding hydrogens is 226 g/mol. The first kappa shape index (κ1) is 14.5. The molecule has 1 rings (SSSR count). The van der Waals surface area contributed by atoms with E-state index in [1.165, 1.54) is 0 Å². The third-order valence-corrected chi connectivity index (χ3v) is 3.20. The van der Waals surface area contributed by atoms with Crippen molar-refractivity contribution < 1.29 is 4.79 Å². The van der Waals surface area contributed by atoms with Gasteiger partial charge >= 0.3 is 0 Å². The Morgan fingerprint density at radius 3 is 2.56 bits per heavy atom. The van der Waals surface area contributed by atoms with Crippen molar-refractivity contribution in [3.05, 3.63) is 29.3 Å². The molecule has 0 radical (unpaired) electrons. The summed E-state index contributed by atoms with van der Waals surface area (Å²) in [5, 5.41) is 6.02. The molecule has 0 aromatic heterocycles. The Balaban J connectivity index is 2.67. The summed E-state index contributed by atoms with van der Waals surface area (Å²) in [5.74, 6) is -0.0103. The Hall–Kier alpha value is -1.55. The van der Waals surface area contributed by atoms with Gasteiger partial charge in [0.2, 0.25) is 0 Å². The van der Waals surface area contributed by atoms with Crippen molar-refractivity contribution in [2.75, 3.05) is 33.0 Å². The van der Waals surface area contributed by atoms with Crippen LogP contribution >= 0.6 is 0 Å². The number of nitrogens with zero attached hydrogens (tertiary/aromatic N) is 1. The molecule has 0 saturated carbocycles. The van der Waals surface area contributed by atoms with Gasteiger partial charge in [-0.1, -0.05) is 0 Å². The maximum Gasteiger partial charge on any atom is 0.251 e. The van der Waals surface area contributed by atoms with E-state index in [0.29, 0.717) is 12.6 Å². The van der Waals surface area contributed by atoms with Gasteiger partial charge in [0.1, 0.15) is 0 Å². The van der Waals surface area contributed by atoms with E-state index in [4.69, 9.17) is 0 Å². The van der Waals surface area contributed by atoms with Crippen molar-refractivity contribution in [1.29, 1.82) is 0 Å². The predicted octanol–water partition coefficient (Wildman–Crippen LogP) is 1.72. The molecule has 1 amide bonds. The van der Waals surface area contributed by atoms with Crippen LogP contribution in [0.1, 0.15) is 22.8 Å². The van der Waals surface area contributed by atoms with Gasteiger partial charge in [0.15, 0.2) is 0 Å². The van der Waals surface area contributed by atoms with E-state index < -0.39 is 0 Å². The fourth-order valence-corrected chi connectivity index (χ4v) is 1.59. The number of amides is 1. The standard InChI is InChI=1S/C14H23N3O/c1-10-8-12(15-3)6-7-13(10)14(18)16-9-11(2)17(4)5/h6-8,11,15H,9H2,1-5H3,(H,16,18). The lowest BCUT2D eigenvalue weighted by Gasteiger charge is -2.20. The third kappa shape index (κ3) is 3.74. The number of carbonyl (C=O) groups is 1. The first-order valence-electron chi connectivity index (χ1n) is 6.18. The zero-order valence-corrected chi connectivity index (χ0v) is 11.9. The molecule has 1 unspecified atom stereocenters. The number of benzene rings is 1. The van der Waals surface area contributed by atoms with Crippen molar-refractivity contribution in [2.45, 2.75) is 19.9 Å². The van der Waals surface area contributed by atoms with Crippen LogP contribution in [-0.4, -0.2) is 44.5 Å². The van der Waals surface area contributed by atoms with E-state index in [2.05, 4.69) is 22.5 Å². The highest BCUT2D eigenvalue weighted by Crippen LogP contribution is 2.14. The molecule has 2 N–H and O–H groups in total. The summed E-state index contributed by atoms with van der Waals surface area (Å²) in [4.78, 5) is 14.1. The molecule has 18 heavy (non-hydrogen) atoms. The number of carbonyl (C=O) groups excluding carboxylic acids is 1. The Morgan fingerprint density at radius 2 is 2.06 bits per heavy atom. The molecule has 0 fully saturated rings. The summed E-state index contributed by atoms with van der Waals surface area (Å²) in [7, 11) is 5.88. The van der Waals surface area contributed by atoms with E-state index >= 15 is 0 Å². The van der Waals surface area contributed by atoms with Gasteiger partial charge in [0.05, 0.1) is 0 Å². The van der Waals surface area contributed by atoms with Gasteiger partial charge in [-0.05, 0) is 51.7 Å². The van der Waals surface area contributed by atoms with Crippen LogP contribution in [-0.2, 0) is 0 Å². The second kappa shape index (κ2) is 6.40. The summed E-state index contributed by atoms with van der Waals surface area (Å²) in [6, 6.07) is 6.07. The molecule has 100 valence electrons. The first-order valence-corrected chi connectivity index (χ1v) is 6.18. The van der Waals surface area contributed by atoms with E-state index in [0.717, 1.165) is 16.8 Å². The monoisotopic (exact) mass is 249 g/mol. The maximum absolute atomic E-state index is 12.0. The summed E-state index contributed by atoms with van der Waals surface area (Å²) < 4.78 is 0. The third-order valence-electron chi connectivity index (χ3n) is 3.20. The number of aryl methyl sites for hydroxylation is 1. The average molecular weight is 249 g/mol. The normalized spacial score (nSPS) is 12.3. The summed E-state index contributed by atoms with van der Waals surface area (Å²) in [5.41, 5.74) is 2.74. The average Bonchev–Trinajstić information content (AvgIpc) is 2.34. The number of rotatable bonds is 5. The fourth-order valence-electron chi connectivity index (χ4n) is 1.59. The lowest BCUT2D eigenvalue weighted by molar-refractivity contribution is 0.0943.